The number of nitrogens with zero attached hydrogens (tertiary/aromatic N) is 2. The summed E-state index contributed by atoms with van der Waals surface area (Å²) in [7, 11) is 2.55. The van der Waals surface area contributed by atoms with Crippen LogP contribution in [-0.4, -0.2) is 52.7 Å². The molecule has 0 aromatic heterocycles. The van der Waals surface area contributed by atoms with Crippen LogP contribution in [0.4, 0.5) is 0 Å². The number of likely N-dealkylation sites (N-methyl/N-ethyl adjacent to an activating group) is 1. The van der Waals surface area contributed by atoms with Crippen LogP contribution in [0.1, 0.15) is 53.4 Å². The lowest BCUT2D eigenvalue weighted by molar-refractivity contribution is -0.971. The van der Waals surface area contributed by atoms with Crippen molar-refractivity contribution in [2.24, 2.45) is 0 Å². The standard InChI is InChI=1S/C15H29N2/c1-10(2)16-12-6-7-13(16)15-9-8-14(12)17(15,5)11(3)4/h10-15H,6-9H2,1-5H3/q+1. The van der Waals surface area contributed by atoms with Crippen molar-refractivity contribution in [3.63, 3.8) is 0 Å². The summed E-state index contributed by atoms with van der Waals surface area (Å²) in [6.45, 7) is 9.68. The summed E-state index contributed by atoms with van der Waals surface area (Å²) in [5, 5.41) is 0. The molecule has 0 aliphatic carbocycles. The number of rotatable bonds is 2. The minimum atomic E-state index is 0.747. The summed E-state index contributed by atoms with van der Waals surface area (Å²) in [5.74, 6) is 0. The number of quaternary nitrogens is 1. The summed E-state index contributed by atoms with van der Waals surface area (Å²) >= 11 is 0. The molecule has 0 amide bonds. The molecule has 17 heavy (non-hydrogen) atoms. The van der Waals surface area contributed by atoms with Gasteiger partial charge in [0.05, 0.1) is 25.2 Å². The summed E-state index contributed by atoms with van der Waals surface area (Å²) in [6, 6.07) is 5.14. The van der Waals surface area contributed by atoms with E-state index in [9.17, 15) is 0 Å². The van der Waals surface area contributed by atoms with Gasteiger partial charge in [-0.3, -0.25) is 4.90 Å². The first-order valence-corrected chi connectivity index (χ1v) is 7.61. The molecule has 0 aromatic carbocycles. The first-order chi connectivity index (χ1) is 7.98. The van der Waals surface area contributed by atoms with Gasteiger partial charge in [0.25, 0.3) is 0 Å². The lowest BCUT2D eigenvalue weighted by Gasteiger charge is -2.55. The SMILES string of the molecule is CC(C)N1C2CCC1C1CCC2[N+]1(C)C(C)C. The third kappa shape index (κ3) is 1.34. The van der Waals surface area contributed by atoms with Crippen molar-refractivity contribution >= 4 is 0 Å². The van der Waals surface area contributed by atoms with Gasteiger partial charge in [0.2, 0.25) is 0 Å². The van der Waals surface area contributed by atoms with E-state index in [1.54, 1.807) is 0 Å². The predicted octanol–water partition coefficient (Wildman–Crippen LogP) is 2.63. The number of piperazine rings is 1. The number of hydrogen-bond donors (Lipinski definition) is 0. The Morgan fingerprint density at radius 1 is 0.882 bits per heavy atom. The molecule has 3 rings (SSSR count). The lowest BCUT2D eigenvalue weighted by Crippen LogP contribution is -2.72. The topological polar surface area (TPSA) is 3.24 Å². The second-order valence-corrected chi connectivity index (χ2v) is 7.28. The van der Waals surface area contributed by atoms with E-state index in [0.717, 1.165) is 36.3 Å². The zero-order chi connectivity index (χ0) is 12.4. The molecule has 3 aliphatic rings. The first-order valence-electron chi connectivity index (χ1n) is 7.61. The minimum absolute atomic E-state index is 0.747. The van der Waals surface area contributed by atoms with Crippen LogP contribution >= 0.6 is 0 Å². The normalized spacial score (nSPS) is 49.6. The van der Waals surface area contributed by atoms with Crippen molar-refractivity contribution in [3.05, 3.63) is 0 Å². The smallest absolute Gasteiger partial charge is 0.105 e. The highest BCUT2D eigenvalue weighted by atomic mass is 15.5. The van der Waals surface area contributed by atoms with E-state index in [0.29, 0.717) is 0 Å². The maximum Gasteiger partial charge on any atom is 0.105 e. The molecule has 3 fully saturated rings. The van der Waals surface area contributed by atoms with Crippen molar-refractivity contribution in [1.82, 2.24) is 4.90 Å². The quantitative estimate of drug-likeness (QED) is 0.667. The molecule has 0 N–H and O–H groups in total. The molecule has 4 atom stereocenters. The average Bonchev–Trinajstić information content (AvgIpc) is 2.68. The van der Waals surface area contributed by atoms with Gasteiger partial charge in [-0.05, 0) is 40.5 Å². The Hall–Kier alpha value is -0.0800. The van der Waals surface area contributed by atoms with Gasteiger partial charge in [-0.1, -0.05) is 0 Å². The van der Waals surface area contributed by atoms with Crippen LogP contribution < -0.4 is 0 Å². The van der Waals surface area contributed by atoms with E-state index in [4.69, 9.17) is 0 Å². The molecule has 0 saturated carbocycles. The lowest BCUT2D eigenvalue weighted by atomic mass is 9.97. The molecule has 4 unspecified atom stereocenters. The van der Waals surface area contributed by atoms with Crippen LogP contribution in [0, 0.1) is 0 Å². The monoisotopic (exact) mass is 237 g/mol. The van der Waals surface area contributed by atoms with Crippen LogP contribution in [0.15, 0.2) is 0 Å². The molecule has 2 nitrogen and oxygen atoms in total. The Morgan fingerprint density at radius 3 is 1.71 bits per heavy atom. The Morgan fingerprint density at radius 2 is 1.35 bits per heavy atom. The van der Waals surface area contributed by atoms with Crippen molar-refractivity contribution in [2.45, 2.75) is 89.6 Å². The van der Waals surface area contributed by atoms with Gasteiger partial charge in [0.1, 0.15) is 12.1 Å². The Labute approximate surface area is 107 Å². The third-order valence-corrected chi connectivity index (χ3v) is 6.31. The fraction of sp³-hybridized carbons (Fsp3) is 1.00. The van der Waals surface area contributed by atoms with Crippen LogP contribution in [-0.2, 0) is 0 Å². The van der Waals surface area contributed by atoms with Gasteiger partial charge in [0.15, 0.2) is 0 Å². The highest BCUT2D eigenvalue weighted by Crippen LogP contribution is 2.51. The molecule has 4 bridgehead atoms. The molecule has 0 radical (unpaired) electrons. The van der Waals surface area contributed by atoms with E-state index in [-0.39, 0.29) is 0 Å². The van der Waals surface area contributed by atoms with Crippen molar-refractivity contribution in [3.8, 4) is 0 Å². The first kappa shape index (κ1) is 12.0. The van der Waals surface area contributed by atoms with Crippen LogP contribution in [0.5, 0.6) is 0 Å². The number of hydrogen-bond acceptors (Lipinski definition) is 1. The van der Waals surface area contributed by atoms with Crippen LogP contribution in [0.3, 0.4) is 0 Å². The van der Waals surface area contributed by atoms with E-state index in [1.165, 1.54) is 30.2 Å². The Kier molecular flexibility index (Phi) is 2.61. The van der Waals surface area contributed by atoms with E-state index in [2.05, 4.69) is 39.6 Å². The van der Waals surface area contributed by atoms with Gasteiger partial charge in [0, 0.05) is 18.9 Å². The van der Waals surface area contributed by atoms with Crippen molar-refractivity contribution < 1.29 is 4.48 Å². The number of fused-ring (bicyclic) bond motifs is 6. The molecule has 0 spiro atoms. The van der Waals surface area contributed by atoms with E-state index < -0.39 is 0 Å². The van der Waals surface area contributed by atoms with E-state index in [1.807, 2.05) is 0 Å². The molecule has 2 heteroatoms. The summed E-state index contributed by atoms with van der Waals surface area (Å²) in [4.78, 5) is 2.88. The van der Waals surface area contributed by atoms with Crippen molar-refractivity contribution in [1.29, 1.82) is 0 Å². The van der Waals surface area contributed by atoms with Crippen LogP contribution in [0.25, 0.3) is 0 Å². The molecular weight excluding hydrogens is 208 g/mol. The summed E-state index contributed by atoms with van der Waals surface area (Å²) in [6.07, 6.45) is 5.88. The van der Waals surface area contributed by atoms with Gasteiger partial charge >= 0.3 is 0 Å². The predicted molar refractivity (Wildman–Crippen MR) is 71.9 cm³/mol. The maximum atomic E-state index is 2.88. The molecular formula is C15H29N2+. The molecule has 98 valence electrons. The molecule has 3 heterocycles. The second-order valence-electron chi connectivity index (χ2n) is 7.28. The second kappa shape index (κ2) is 3.71. The van der Waals surface area contributed by atoms with Gasteiger partial charge in [-0.2, -0.15) is 0 Å². The molecule has 3 saturated heterocycles. The largest absolute Gasteiger partial charge is 0.317 e. The van der Waals surface area contributed by atoms with Crippen molar-refractivity contribution in [2.75, 3.05) is 7.05 Å². The molecule has 3 aliphatic heterocycles. The average molecular weight is 237 g/mol. The fourth-order valence-corrected chi connectivity index (χ4v) is 5.47. The van der Waals surface area contributed by atoms with Crippen LogP contribution in [0.2, 0.25) is 0 Å². The van der Waals surface area contributed by atoms with E-state index >= 15 is 0 Å². The minimum Gasteiger partial charge on any atom is -0.317 e. The maximum absolute atomic E-state index is 2.88. The Balaban J connectivity index is 1.99. The van der Waals surface area contributed by atoms with Gasteiger partial charge in [-0.15, -0.1) is 0 Å². The fourth-order valence-electron chi connectivity index (χ4n) is 5.47. The Bertz CT molecular complexity index is 290. The third-order valence-electron chi connectivity index (χ3n) is 6.31. The zero-order valence-corrected chi connectivity index (χ0v) is 12.2. The summed E-state index contributed by atoms with van der Waals surface area (Å²) in [5.41, 5.74) is 0. The zero-order valence-electron chi connectivity index (χ0n) is 12.2. The van der Waals surface area contributed by atoms with Gasteiger partial charge < -0.3 is 4.48 Å². The van der Waals surface area contributed by atoms with Gasteiger partial charge in [-0.25, -0.2) is 0 Å². The highest BCUT2D eigenvalue weighted by molar-refractivity contribution is 5.06. The summed E-state index contributed by atoms with van der Waals surface area (Å²) < 4.78 is 1.37. The highest BCUT2D eigenvalue weighted by Gasteiger charge is 2.63. The molecule has 0 aromatic rings.